The summed E-state index contributed by atoms with van der Waals surface area (Å²) in [6.07, 6.45) is -1.56. The summed E-state index contributed by atoms with van der Waals surface area (Å²) in [7, 11) is 0. The molecule has 0 radical (unpaired) electrons. The highest BCUT2D eigenvalue weighted by atomic mass is 16.3. The van der Waals surface area contributed by atoms with E-state index in [0.717, 1.165) is 6.08 Å². The average Bonchev–Trinajstić information content (AvgIpc) is 2.00. The molecule has 0 aromatic rings. The van der Waals surface area contributed by atoms with Gasteiger partial charge in [-0.25, -0.2) is 0 Å². The van der Waals surface area contributed by atoms with Gasteiger partial charge in [0.2, 0.25) is 0 Å². The van der Waals surface area contributed by atoms with Crippen molar-refractivity contribution in [3.8, 4) is 0 Å². The first kappa shape index (κ1) is 9.29. The second-order valence-electron chi connectivity index (χ2n) is 1.84. The Morgan fingerprint density at radius 1 is 1.70 bits per heavy atom. The summed E-state index contributed by atoms with van der Waals surface area (Å²) >= 11 is 0. The van der Waals surface area contributed by atoms with Gasteiger partial charge in [-0.05, 0) is 0 Å². The summed E-state index contributed by atoms with van der Waals surface area (Å²) in [4.78, 5) is 10.5. The molecule has 0 amide bonds. The maximum absolute atomic E-state index is 10.5. The van der Waals surface area contributed by atoms with Crippen LogP contribution in [0.25, 0.3) is 0 Å². The molecule has 4 nitrogen and oxygen atoms in total. The maximum atomic E-state index is 10.5. The van der Waals surface area contributed by atoms with E-state index in [-0.39, 0.29) is 6.54 Å². The quantitative estimate of drug-likeness (QED) is 0.417. The summed E-state index contributed by atoms with van der Waals surface area (Å²) in [5, 5.41) is 17.6. The molecule has 0 bridgehead atoms. The number of ketones is 1. The molecule has 0 aromatic heterocycles. The van der Waals surface area contributed by atoms with E-state index in [0.29, 0.717) is 0 Å². The van der Waals surface area contributed by atoms with Crippen LogP contribution in [0.5, 0.6) is 0 Å². The van der Waals surface area contributed by atoms with Gasteiger partial charge in [0, 0.05) is 0 Å². The zero-order valence-electron chi connectivity index (χ0n) is 5.53. The Morgan fingerprint density at radius 3 is 2.50 bits per heavy atom. The lowest BCUT2D eigenvalue weighted by Crippen LogP contribution is -2.36. The van der Waals surface area contributed by atoms with Gasteiger partial charge in [0.25, 0.3) is 0 Å². The number of aliphatic hydroxyl groups is 2. The summed E-state index contributed by atoms with van der Waals surface area (Å²) in [6.45, 7) is 2.92. The van der Waals surface area contributed by atoms with Crippen LogP contribution in [0, 0.1) is 0 Å². The fraction of sp³-hybridized carbons (Fsp3) is 0.500. The van der Waals surface area contributed by atoms with Gasteiger partial charge >= 0.3 is 0 Å². The standard InChI is InChI=1S/C6H11NO3/c1-2-4(8)6(10)5(9)3-7/h2,4,6,8,10H,1,3,7H2/t4-,6-/m0/s1. The Balaban J connectivity index is 3.93. The maximum Gasteiger partial charge on any atom is 0.177 e. The number of hydrogen-bond acceptors (Lipinski definition) is 4. The van der Waals surface area contributed by atoms with Crippen LogP contribution < -0.4 is 5.73 Å². The summed E-state index contributed by atoms with van der Waals surface area (Å²) in [5.41, 5.74) is 4.91. The molecule has 10 heavy (non-hydrogen) atoms. The van der Waals surface area contributed by atoms with Gasteiger partial charge in [0.15, 0.2) is 5.78 Å². The van der Waals surface area contributed by atoms with Gasteiger partial charge in [-0.15, -0.1) is 6.58 Å². The van der Waals surface area contributed by atoms with Crippen molar-refractivity contribution in [2.75, 3.05) is 6.54 Å². The van der Waals surface area contributed by atoms with E-state index in [4.69, 9.17) is 15.9 Å². The van der Waals surface area contributed by atoms with Crippen LogP contribution in [0.15, 0.2) is 12.7 Å². The lowest BCUT2D eigenvalue weighted by molar-refractivity contribution is -0.129. The van der Waals surface area contributed by atoms with Crippen molar-refractivity contribution in [2.24, 2.45) is 5.73 Å². The van der Waals surface area contributed by atoms with Crippen molar-refractivity contribution < 1.29 is 15.0 Å². The lowest BCUT2D eigenvalue weighted by Gasteiger charge is -2.10. The third-order valence-corrected chi connectivity index (χ3v) is 1.10. The minimum Gasteiger partial charge on any atom is -0.386 e. The Bertz CT molecular complexity index is 135. The van der Waals surface area contributed by atoms with Crippen molar-refractivity contribution >= 4 is 5.78 Å². The smallest absolute Gasteiger partial charge is 0.177 e. The normalized spacial score (nSPS) is 15.9. The molecule has 0 rings (SSSR count). The molecule has 0 aliphatic carbocycles. The van der Waals surface area contributed by atoms with Crippen molar-refractivity contribution in [1.29, 1.82) is 0 Å². The highest BCUT2D eigenvalue weighted by molar-refractivity contribution is 5.85. The van der Waals surface area contributed by atoms with Crippen LogP contribution in [0.3, 0.4) is 0 Å². The van der Waals surface area contributed by atoms with Crippen LogP contribution >= 0.6 is 0 Å². The van der Waals surface area contributed by atoms with E-state index in [2.05, 4.69) is 6.58 Å². The number of nitrogens with two attached hydrogens (primary N) is 1. The van der Waals surface area contributed by atoms with Crippen molar-refractivity contribution in [3.63, 3.8) is 0 Å². The molecule has 0 heterocycles. The predicted octanol–water partition coefficient (Wildman–Crippen LogP) is -1.58. The molecule has 0 aliphatic rings. The predicted molar refractivity (Wildman–Crippen MR) is 36.3 cm³/mol. The number of carbonyl (C=O) groups is 1. The number of carbonyl (C=O) groups excluding carboxylic acids is 1. The summed E-state index contributed by atoms with van der Waals surface area (Å²) in [6, 6.07) is 0. The molecular formula is C6H11NO3. The Morgan fingerprint density at radius 2 is 2.20 bits per heavy atom. The van der Waals surface area contributed by atoms with Crippen molar-refractivity contribution in [3.05, 3.63) is 12.7 Å². The van der Waals surface area contributed by atoms with E-state index in [9.17, 15) is 4.79 Å². The highest BCUT2D eigenvalue weighted by Gasteiger charge is 2.19. The van der Waals surface area contributed by atoms with E-state index in [1.165, 1.54) is 0 Å². The molecule has 2 atom stereocenters. The number of Topliss-reactive ketones (excluding diaryl/α,β-unsaturated/α-hetero) is 1. The van der Waals surface area contributed by atoms with Gasteiger partial charge < -0.3 is 15.9 Å². The third-order valence-electron chi connectivity index (χ3n) is 1.10. The van der Waals surface area contributed by atoms with Crippen LogP contribution in [-0.2, 0) is 4.79 Å². The minimum absolute atomic E-state index is 0.272. The molecular weight excluding hydrogens is 134 g/mol. The van der Waals surface area contributed by atoms with Crippen molar-refractivity contribution in [2.45, 2.75) is 12.2 Å². The SMILES string of the molecule is C=C[C@H](O)[C@H](O)C(=O)CN. The van der Waals surface area contributed by atoms with Gasteiger partial charge in [0.1, 0.15) is 12.2 Å². The molecule has 0 spiro atoms. The Kier molecular flexibility index (Phi) is 3.87. The highest BCUT2D eigenvalue weighted by Crippen LogP contribution is 1.94. The first-order valence-electron chi connectivity index (χ1n) is 2.85. The van der Waals surface area contributed by atoms with Crippen LogP contribution in [0.4, 0.5) is 0 Å². The summed E-state index contributed by atoms with van der Waals surface area (Å²) in [5.74, 6) is -0.590. The number of aliphatic hydroxyl groups excluding tert-OH is 2. The molecule has 4 heteroatoms. The lowest BCUT2D eigenvalue weighted by atomic mass is 10.1. The fourth-order valence-electron chi connectivity index (χ4n) is 0.440. The molecule has 0 saturated heterocycles. The zero-order valence-corrected chi connectivity index (χ0v) is 5.53. The molecule has 0 fully saturated rings. The molecule has 0 saturated carbocycles. The number of rotatable bonds is 4. The second-order valence-corrected chi connectivity index (χ2v) is 1.84. The molecule has 0 aliphatic heterocycles. The van der Waals surface area contributed by atoms with Crippen molar-refractivity contribution in [1.82, 2.24) is 0 Å². The van der Waals surface area contributed by atoms with Gasteiger partial charge in [-0.1, -0.05) is 6.08 Å². The fourth-order valence-corrected chi connectivity index (χ4v) is 0.440. The van der Waals surface area contributed by atoms with E-state index in [1.54, 1.807) is 0 Å². The van der Waals surface area contributed by atoms with Crippen LogP contribution in [0.2, 0.25) is 0 Å². The third kappa shape index (κ3) is 2.26. The Hall–Kier alpha value is -0.710. The van der Waals surface area contributed by atoms with E-state index >= 15 is 0 Å². The first-order valence-corrected chi connectivity index (χ1v) is 2.85. The van der Waals surface area contributed by atoms with E-state index < -0.39 is 18.0 Å². The molecule has 4 N–H and O–H groups in total. The van der Waals surface area contributed by atoms with Crippen LogP contribution in [-0.4, -0.2) is 34.7 Å². The van der Waals surface area contributed by atoms with Crippen LogP contribution in [0.1, 0.15) is 0 Å². The Labute approximate surface area is 59.0 Å². The van der Waals surface area contributed by atoms with Gasteiger partial charge in [-0.3, -0.25) is 4.79 Å². The largest absolute Gasteiger partial charge is 0.386 e. The zero-order chi connectivity index (χ0) is 8.15. The summed E-state index contributed by atoms with van der Waals surface area (Å²) < 4.78 is 0. The first-order chi connectivity index (χ1) is 4.63. The van der Waals surface area contributed by atoms with Gasteiger partial charge in [-0.2, -0.15) is 0 Å². The van der Waals surface area contributed by atoms with E-state index in [1.807, 2.05) is 0 Å². The average molecular weight is 145 g/mol. The minimum atomic E-state index is -1.43. The molecule has 58 valence electrons. The molecule has 0 aromatic carbocycles. The second kappa shape index (κ2) is 4.16. The number of hydrogen-bond donors (Lipinski definition) is 3. The van der Waals surface area contributed by atoms with Gasteiger partial charge in [0.05, 0.1) is 6.54 Å². The molecule has 0 unspecified atom stereocenters. The topological polar surface area (TPSA) is 83.5 Å². The monoisotopic (exact) mass is 145 g/mol.